The highest BCUT2D eigenvalue weighted by Crippen LogP contribution is 2.36. The first kappa shape index (κ1) is 17.6. The van der Waals surface area contributed by atoms with Gasteiger partial charge < -0.3 is 10.2 Å². The monoisotopic (exact) mass is 365 g/mol. The van der Waals surface area contributed by atoms with Crippen molar-refractivity contribution in [1.82, 2.24) is 25.2 Å². The Kier molecular flexibility index (Phi) is 4.59. The number of amides is 2. The second-order valence-corrected chi connectivity index (χ2v) is 7.47. The Morgan fingerprint density at radius 2 is 1.67 bits per heavy atom. The highest BCUT2D eigenvalue weighted by molar-refractivity contribution is 5.95. The van der Waals surface area contributed by atoms with Crippen LogP contribution in [0.1, 0.15) is 57.9 Å². The Morgan fingerprint density at radius 3 is 2.26 bits per heavy atom. The SMILES string of the molecule is Cc1ccc(C(=O)N2C3CCC2CC(NC(=O)c2cnc(C)cn2)C3)cn1. The van der Waals surface area contributed by atoms with Gasteiger partial charge in [-0.1, -0.05) is 0 Å². The lowest BCUT2D eigenvalue weighted by Gasteiger charge is -2.39. The molecule has 2 unspecified atom stereocenters. The predicted molar refractivity (Wildman–Crippen MR) is 99.2 cm³/mol. The Hall–Kier alpha value is -2.83. The summed E-state index contributed by atoms with van der Waals surface area (Å²) in [4.78, 5) is 39.9. The van der Waals surface area contributed by atoms with E-state index in [4.69, 9.17) is 0 Å². The largest absolute Gasteiger partial charge is 0.348 e. The maximum absolute atomic E-state index is 12.9. The maximum atomic E-state index is 12.9. The van der Waals surface area contributed by atoms with Crippen molar-refractivity contribution >= 4 is 11.8 Å². The van der Waals surface area contributed by atoms with Crippen molar-refractivity contribution in [2.24, 2.45) is 0 Å². The number of hydrogen-bond donors (Lipinski definition) is 1. The zero-order chi connectivity index (χ0) is 19.0. The molecular formula is C20H23N5O2. The van der Waals surface area contributed by atoms with Crippen LogP contribution in [0, 0.1) is 13.8 Å². The van der Waals surface area contributed by atoms with Gasteiger partial charge in [0.15, 0.2) is 0 Å². The van der Waals surface area contributed by atoms with Crippen molar-refractivity contribution in [3.05, 3.63) is 53.4 Å². The minimum absolute atomic E-state index is 0.0455. The molecule has 2 bridgehead atoms. The number of nitrogens with zero attached hydrogens (tertiary/aromatic N) is 4. The van der Waals surface area contributed by atoms with E-state index in [0.717, 1.165) is 37.1 Å². The predicted octanol–water partition coefficient (Wildman–Crippen LogP) is 2.05. The van der Waals surface area contributed by atoms with Crippen molar-refractivity contribution in [2.75, 3.05) is 0 Å². The number of aryl methyl sites for hydroxylation is 2. The Morgan fingerprint density at radius 1 is 0.963 bits per heavy atom. The van der Waals surface area contributed by atoms with Crippen LogP contribution in [0.15, 0.2) is 30.7 Å². The lowest BCUT2D eigenvalue weighted by molar-refractivity contribution is 0.0549. The van der Waals surface area contributed by atoms with Gasteiger partial charge in [-0.3, -0.25) is 19.6 Å². The molecule has 27 heavy (non-hydrogen) atoms. The molecule has 7 nitrogen and oxygen atoms in total. The molecule has 2 aromatic rings. The molecular weight excluding hydrogens is 342 g/mol. The fourth-order valence-electron chi connectivity index (χ4n) is 4.14. The van der Waals surface area contributed by atoms with Crippen molar-refractivity contribution in [3.63, 3.8) is 0 Å². The number of nitrogens with one attached hydrogen (secondary N) is 1. The molecule has 140 valence electrons. The summed E-state index contributed by atoms with van der Waals surface area (Å²) in [7, 11) is 0. The van der Waals surface area contributed by atoms with E-state index in [1.54, 1.807) is 12.4 Å². The van der Waals surface area contributed by atoms with Crippen LogP contribution in [-0.2, 0) is 0 Å². The minimum Gasteiger partial charge on any atom is -0.348 e. The number of pyridine rings is 1. The normalized spacial score (nSPS) is 23.9. The number of rotatable bonds is 3. The summed E-state index contributed by atoms with van der Waals surface area (Å²) >= 11 is 0. The summed E-state index contributed by atoms with van der Waals surface area (Å²) in [5, 5.41) is 3.07. The zero-order valence-electron chi connectivity index (χ0n) is 15.6. The number of piperidine rings is 1. The summed E-state index contributed by atoms with van der Waals surface area (Å²) in [6, 6.07) is 4.08. The maximum Gasteiger partial charge on any atom is 0.271 e. The summed E-state index contributed by atoms with van der Waals surface area (Å²) in [5.41, 5.74) is 2.64. The summed E-state index contributed by atoms with van der Waals surface area (Å²) in [6.07, 6.45) is 8.25. The smallest absolute Gasteiger partial charge is 0.271 e. The number of fused-ring (bicyclic) bond motifs is 2. The van der Waals surface area contributed by atoms with Crippen LogP contribution in [0.2, 0.25) is 0 Å². The van der Waals surface area contributed by atoms with E-state index in [2.05, 4.69) is 20.3 Å². The van der Waals surface area contributed by atoms with Crippen molar-refractivity contribution in [3.8, 4) is 0 Å². The molecule has 0 aromatic carbocycles. The standard InChI is InChI=1S/C20H23N5O2/c1-12-3-4-14(10-21-12)20(27)25-16-5-6-17(25)8-15(7-16)24-19(26)18-11-22-13(2)9-23-18/h3-4,9-11,15-17H,5-8H2,1-2H3,(H,24,26). The third-order valence-electron chi connectivity index (χ3n) is 5.47. The Labute approximate surface area is 158 Å². The summed E-state index contributed by atoms with van der Waals surface area (Å²) < 4.78 is 0. The van der Waals surface area contributed by atoms with Gasteiger partial charge in [0.05, 0.1) is 17.5 Å². The number of carbonyl (C=O) groups is 2. The Balaban J connectivity index is 1.42. The highest BCUT2D eigenvalue weighted by Gasteiger charge is 2.43. The van der Waals surface area contributed by atoms with Crippen LogP contribution in [0.5, 0.6) is 0 Å². The van der Waals surface area contributed by atoms with E-state index < -0.39 is 0 Å². The van der Waals surface area contributed by atoms with Crippen molar-refractivity contribution in [2.45, 2.75) is 57.7 Å². The van der Waals surface area contributed by atoms with Gasteiger partial charge in [0.25, 0.3) is 11.8 Å². The first-order chi connectivity index (χ1) is 13.0. The van der Waals surface area contributed by atoms with Gasteiger partial charge in [0, 0.05) is 36.2 Å². The van der Waals surface area contributed by atoms with E-state index in [9.17, 15) is 9.59 Å². The van der Waals surface area contributed by atoms with Crippen LogP contribution < -0.4 is 5.32 Å². The number of carbonyl (C=O) groups excluding carboxylic acids is 2. The van der Waals surface area contributed by atoms with E-state index >= 15 is 0 Å². The molecule has 2 atom stereocenters. The lowest BCUT2D eigenvalue weighted by atomic mass is 9.96. The van der Waals surface area contributed by atoms with Crippen LogP contribution in [0.4, 0.5) is 0 Å². The molecule has 7 heteroatoms. The van der Waals surface area contributed by atoms with E-state index in [0.29, 0.717) is 11.3 Å². The fraction of sp³-hybridized carbons (Fsp3) is 0.450. The average Bonchev–Trinajstić information content (AvgIpc) is 2.93. The Bertz CT molecular complexity index is 836. The average molecular weight is 365 g/mol. The van der Waals surface area contributed by atoms with Gasteiger partial charge in [-0.2, -0.15) is 0 Å². The summed E-state index contributed by atoms with van der Waals surface area (Å²) in [5.74, 6) is -0.154. The molecule has 1 N–H and O–H groups in total. The van der Waals surface area contributed by atoms with Crippen LogP contribution in [0.3, 0.4) is 0 Å². The fourth-order valence-corrected chi connectivity index (χ4v) is 4.14. The van der Waals surface area contributed by atoms with Crippen molar-refractivity contribution in [1.29, 1.82) is 0 Å². The van der Waals surface area contributed by atoms with Gasteiger partial charge in [-0.05, 0) is 51.7 Å². The molecule has 4 rings (SSSR count). The molecule has 0 saturated carbocycles. The molecule has 4 heterocycles. The topological polar surface area (TPSA) is 88.1 Å². The molecule has 2 amide bonds. The van der Waals surface area contributed by atoms with Gasteiger partial charge >= 0.3 is 0 Å². The second kappa shape index (κ2) is 7.06. The van der Waals surface area contributed by atoms with Crippen LogP contribution >= 0.6 is 0 Å². The molecule has 2 fully saturated rings. The van der Waals surface area contributed by atoms with Crippen LogP contribution in [-0.4, -0.2) is 49.8 Å². The van der Waals surface area contributed by atoms with E-state index in [1.807, 2.05) is 30.9 Å². The molecule has 2 aromatic heterocycles. The molecule has 0 spiro atoms. The minimum atomic E-state index is -0.200. The third kappa shape index (κ3) is 3.54. The number of aromatic nitrogens is 3. The van der Waals surface area contributed by atoms with E-state index in [1.165, 1.54) is 6.20 Å². The molecule has 2 aliphatic heterocycles. The second-order valence-electron chi connectivity index (χ2n) is 7.47. The van der Waals surface area contributed by atoms with E-state index in [-0.39, 0.29) is 29.9 Å². The van der Waals surface area contributed by atoms with Gasteiger partial charge in [0.2, 0.25) is 0 Å². The van der Waals surface area contributed by atoms with Crippen LogP contribution in [0.25, 0.3) is 0 Å². The van der Waals surface area contributed by atoms with Gasteiger partial charge in [-0.25, -0.2) is 4.98 Å². The lowest BCUT2D eigenvalue weighted by Crippen LogP contribution is -2.52. The zero-order valence-corrected chi connectivity index (χ0v) is 15.6. The molecule has 2 aliphatic rings. The molecule has 0 radical (unpaired) electrons. The molecule has 2 saturated heterocycles. The first-order valence-corrected chi connectivity index (χ1v) is 9.36. The van der Waals surface area contributed by atoms with Gasteiger partial charge in [-0.15, -0.1) is 0 Å². The quantitative estimate of drug-likeness (QED) is 0.899. The first-order valence-electron chi connectivity index (χ1n) is 9.36. The number of hydrogen-bond acceptors (Lipinski definition) is 5. The highest BCUT2D eigenvalue weighted by atomic mass is 16.2. The van der Waals surface area contributed by atoms with Crippen molar-refractivity contribution < 1.29 is 9.59 Å². The molecule has 0 aliphatic carbocycles. The van der Waals surface area contributed by atoms with Gasteiger partial charge in [0.1, 0.15) is 5.69 Å². The third-order valence-corrected chi connectivity index (χ3v) is 5.47. The summed E-state index contributed by atoms with van der Waals surface area (Å²) in [6.45, 7) is 3.74.